The number of nitrogens with two attached hydrogens (primary N) is 1. The van der Waals surface area contributed by atoms with E-state index in [1.807, 2.05) is 0 Å². The van der Waals surface area contributed by atoms with Gasteiger partial charge in [-0.05, 0) is 32.1 Å². The van der Waals surface area contributed by atoms with E-state index in [9.17, 15) is 4.79 Å². The van der Waals surface area contributed by atoms with Crippen molar-refractivity contribution in [1.82, 2.24) is 4.90 Å². The van der Waals surface area contributed by atoms with Crippen LogP contribution < -0.4 is 5.73 Å². The summed E-state index contributed by atoms with van der Waals surface area (Å²) in [4.78, 5) is 15.3. The van der Waals surface area contributed by atoms with Crippen LogP contribution in [0.2, 0.25) is 0 Å². The van der Waals surface area contributed by atoms with E-state index in [4.69, 9.17) is 10.5 Å². The van der Waals surface area contributed by atoms with Crippen LogP contribution in [0.1, 0.15) is 59.3 Å². The van der Waals surface area contributed by atoms with E-state index in [-0.39, 0.29) is 23.3 Å². The molecule has 2 saturated carbocycles. The Kier molecular flexibility index (Phi) is 3.81. The van der Waals surface area contributed by atoms with Gasteiger partial charge in [0.2, 0.25) is 5.91 Å². The predicted molar refractivity (Wildman–Crippen MR) is 82.8 cm³/mol. The zero-order chi connectivity index (χ0) is 15.3. The Bertz CT molecular complexity index is 419. The molecule has 4 nitrogen and oxygen atoms in total. The first-order valence-electron chi connectivity index (χ1n) is 8.66. The molecule has 3 fully saturated rings. The summed E-state index contributed by atoms with van der Waals surface area (Å²) in [6.45, 7) is 8.08. The molecule has 1 aliphatic heterocycles. The van der Waals surface area contributed by atoms with Crippen LogP contribution in [0, 0.1) is 11.3 Å². The second-order valence-electron chi connectivity index (χ2n) is 7.71. The topological polar surface area (TPSA) is 55.6 Å². The van der Waals surface area contributed by atoms with Crippen LogP contribution in [0.5, 0.6) is 0 Å². The van der Waals surface area contributed by atoms with Gasteiger partial charge in [-0.2, -0.15) is 0 Å². The fourth-order valence-electron chi connectivity index (χ4n) is 4.41. The van der Waals surface area contributed by atoms with E-state index in [0.29, 0.717) is 6.04 Å². The monoisotopic (exact) mass is 294 g/mol. The van der Waals surface area contributed by atoms with Gasteiger partial charge < -0.3 is 15.4 Å². The third kappa shape index (κ3) is 2.14. The average molecular weight is 294 g/mol. The second kappa shape index (κ2) is 5.24. The smallest absolute Gasteiger partial charge is 0.243 e. The molecule has 1 saturated heterocycles. The quantitative estimate of drug-likeness (QED) is 0.846. The summed E-state index contributed by atoms with van der Waals surface area (Å²) in [6.07, 6.45) is 6.71. The van der Waals surface area contributed by atoms with Gasteiger partial charge >= 0.3 is 0 Å². The Hall–Kier alpha value is -0.610. The largest absolute Gasteiger partial charge is 0.377 e. The van der Waals surface area contributed by atoms with Crippen molar-refractivity contribution in [3.63, 3.8) is 0 Å². The highest BCUT2D eigenvalue weighted by Crippen LogP contribution is 2.58. The Morgan fingerprint density at radius 2 is 2.05 bits per heavy atom. The van der Waals surface area contributed by atoms with Crippen molar-refractivity contribution >= 4 is 5.91 Å². The standard InChI is InChI=1S/C17H30N2O2/c1-4-5-10-19(12-8-9-12)15(20)17(18)13-7-6-11-21-14(13)16(17,2)3/h12-14H,4-11,18H2,1-3H3. The molecule has 1 heterocycles. The highest BCUT2D eigenvalue weighted by Gasteiger charge is 2.71. The minimum Gasteiger partial charge on any atom is -0.377 e. The molecule has 2 N–H and O–H groups in total. The molecular weight excluding hydrogens is 264 g/mol. The molecule has 0 radical (unpaired) electrons. The summed E-state index contributed by atoms with van der Waals surface area (Å²) in [6, 6.07) is 0.448. The normalized spacial score (nSPS) is 37.5. The van der Waals surface area contributed by atoms with E-state index in [1.165, 1.54) is 0 Å². The van der Waals surface area contributed by atoms with Crippen LogP contribution in [0.4, 0.5) is 0 Å². The number of hydrogen-bond donors (Lipinski definition) is 1. The van der Waals surface area contributed by atoms with Gasteiger partial charge in [-0.3, -0.25) is 4.79 Å². The summed E-state index contributed by atoms with van der Waals surface area (Å²) in [5, 5.41) is 0. The van der Waals surface area contributed by atoms with Crippen molar-refractivity contribution in [1.29, 1.82) is 0 Å². The SMILES string of the molecule is CCCCN(C(=O)C1(N)C2CCCOC2C1(C)C)C1CC1. The number of rotatable bonds is 5. The molecule has 3 unspecified atom stereocenters. The number of unbranched alkanes of at least 4 members (excludes halogenated alkanes) is 1. The number of nitrogens with zero attached hydrogens (tertiary/aromatic N) is 1. The molecule has 2 aliphatic carbocycles. The summed E-state index contributed by atoms with van der Waals surface area (Å²) in [5.74, 6) is 0.395. The molecule has 3 aliphatic rings. The van der Waals surface area contributed by atoms with Gasteiger partial charge in [-0.15, -0.1) is 0 Å². The van der Waals surface area contributed by atoms with Crippen molar-refractivity contribution in [2.24, 2.45) is 17.1 Å². The number of carbonyl (C=O) groups excluding carboxylic acids is 1. The third-order valence-electron chi connectivity index (χ3n) is 6.04. The second-order valence-corrected chi connectivity index (χ2v) is 7.71. The van der Waals surface area contributed by atoms with Crippen molar-refractivity contribution in [2.45, 2.75) is 77.0 Å². The van der Waals surface area contributed by atoms with E-state index >= 15 is 0 Å². The van der Waals surface area contributed by atoms with E-state index < -0.39 is 5.54 Å². The zero-order valence-electron chi connectivity index (χ0n) is 13.7. The first kappa shape index (κ1) is 15.3. The molecule has 4 heteroatoms. The Morgan fingerprint density at radius 1 is 1.33 bits per heavy atom. The summed E-state index contributed by atoms with van der Waals surface area (Å²) < 4.78 is 5.92. The van der Waals surface area contributed by atoms with Gasteiger partial charge in [0.15, 0.2) is 0 Å². The van der Waals surface area contributed by atoms with Crippen LogP contribution in [0.3, 0.4) is 0 Å². The lowest BCUT2D eigenvalue weighted by Gasteiger charge is -2.65. The van der Waals surface area contributed by atoms with Crippen molar-refractivity contribution in [3.05, 3.63) is 0 Å². The summed E-state index contributed by atoms with van der Waals surface area (Å²) in [7, 11) is 0. The van der Waals surface area contributed by atoms with Gasteiger partial charge in [0.05, 0.1) is 6.10 Å². The number of amides is 1. The maximum atomic E-state index is 13.3. The average Bonchev–Trinajstić information content (AvgIpc) is 3.31. The van der Waals surface area contributed by atoms with Crippen LogP contribution >= 0.6 is 0 Å². The number of ether oxygens (including phenoxy) is 1. The van der Waals surface area contributed by atoms with Crippen LogP contribution in [-0.4, -0.2) is 41.6 Å². The molecule has 0 aromatic rings. The van der Waals surface area contributed by atoms with Crippen molar-refractivity contribution in [3.8, 4) is 0 Å². The zero-order valence-corrected chi connectivity index (χ0v) is 13.7. The molecule has 21 heavy (non-hydrogen) atoms. The van der Waals surface area contributed by atoms with Gasteiger partial charge in [0.25, 0.3) is 0 Å². The lowest BCUT2D eigenvalue weighted by atomic mass is 9.46. The van der Waals surface area contributed by atoms with Gasteiger partial charge in [0.1, 0.15) is 5.54 Å². The third-order valence-corrected chi connectivity index (χ3v) is 6.04. The molecule has 0 bridgehead atoms. The van der Waals surface area contributed by atoms with Crippen molar-refractivity contribution in [2.75, 3.05) is 13.2 Å². The minimum absolute atomic E-state index is 0.160. The molecule has 1 amide bonds. The fraction of sp³-hybridized carbons (Fsp3) is 0.941. The van der Waals surface area contributed by atoms with Gasteiger partial charge in [0, 0.05) is 30.5 Å². The Morgan fingerprint density at radius 3 is 2.67 bits per heavy atom. The number of fused-ring (bicyclic) bond motifs is 1. The van der Waals surface area contributed by atoms with Crippen LogP contribution in [0.25, 0.3) is 0 Å². The first-order valence-corrected chi connectivity index (χ1v) is 8.66. The lowest BCUT2D eigenvalue weighted by Crippen LogP contribution is -2.82. The lowest BCUT2D eigenvalue weighted by molar-refractivity contribution is -0.230. The Labute approximate surface area is 128 Å². The molecule has 120 valence electrons. The fourth-order valence-corrected chi connectivity index (χ4v) is 4.41. The molecule has 3 atom stereocenters. The molecular formula is C17H30N2O2. The molecule has 0 aromatic heterocycles. The number of hydrogen-bond acceptors (Lipinski definition) is 3. The maximum Gasteiger partial charge on any atom is 0.243 e. The number of carbonyl (C=O) groups is 1. The van der Waals surface area contributed by atoms with Crippen molar-refractivity contribution < 1.29 is 9.53 Å². The Balaban J connectivity index is 1.81. The van der Waals surface area contributed by atoms with Crippen LogP contribution in [0.15, 0.2) is 0 Å². The highest BCUT2D eigenvalue weighted by molar-refractivity contribution is 5.90. The first-order chi connectivity index (χ1) is 9.94. The van der Waals surface area contributed by atoms with Gasteiger partial charge in [-0.1, -0.05) is 27.2 Å². The minimum atomic E-state index is -0.728. The van der Waals surface area contributed by atoms with Gasteiger partial charge in [-0.25, -0.2) is 0 Å². The van der Waals surface area contributed by atoms with E-state index in [1.54, 1.807) is 0 Å². The summed E-state index contributed by atoms with van der Waals surface area (Å²) >= 11 is 0. The maximum absolute atomic E-state index is 13.3. The van der Waals surface area contributed by atoms with Crippen LogP contribution in [-0.2, 0) is 9.53 Å². The molecule has 3 rings (SSSR count). The molecule has 0 spiro atoms. The van der Waals surface area contributed by atoms with E-state index in [2.05, 4.69) is 25.7 Å². The summed E-state index contributed by atoms with van der Waals surface area (Å²) in [5.41, 5.74) is 5.76. The highest BCUT2D eigenvalue weighted by atomic mass is 16.5. The molecule has 0 aromatic carbocycles. The van der Waals surface area contributed by atoms with E-state index in [0.717, 1.165) is 51.7 Å². The predicted octanol–water partition coefficient (Wildman–Crippen LogP) is 2.31.